The Morgan fingerprint density at radius 2 is 2.00 bits per heavy atom. The second-order valence-electron chi connectivity index (χ2n) is 6.33. The Balaban J connectivity index is 1.59. The highest BCUT2D eigenvalue weighted by Crippen LogP contribution is 2.47. The zero-order valence-corrected chi connectivity index (χ0v) is 14.2. The van der Waals surface area contributed by atoms with Crippen molar-refractivity contribution in [1.29, 1.82) is 0 Å². The van der Waals surface area contributed by atoms with Gasteiger partial charge in [0.2, 0.25) is 5.91 Å². The van der Waals surface area contributed by atoms with E-state index in [4.69, 9.17) is 5.73 Å². The van der Waals surface area contributed by atoms with Crippen LogP contribution in [-0.4, -0.2) is 36.9 Å². The third-order valence-electron chi connectivity index (χ3n) is 5.13. The molecule has 24 heavy (non-hydrogen) atoms. The number of rotatable bonds is 2. The number of carbonyl (C=O) groups excluding carboxylic acids is 2. The molecule has 1 aromatic heterocycles. The van der Waals surface area contributed by atoms with Crippen molar-refractivity contribution >= 4 is 34.0 Å². The molecule has 2 amide bonds. The largest absolute Gasteiger partial charge is 0.364 e. The summed E-state index contributed by atoms with van der Waals surface area (Å²) in [5.41, 5.74) is 7.30. The predicted molar refractivity (Wildman–Crippen MR) is 93.6 cm³/mol. The number of nitrogens with zero attached hydrogens (tertiary/aromatic N) is 3. The lowest BCUT2D eigenvalue weighted by atomic mass is 9.74. The molecule has 1 aromatic carbocycles. The highest BCUT2D eigenvalue weighted by molar-refractivity contribution is 7.13. The van der Waals surface area contributed by atoms with E-state index >= 15 is 0 Å². The number of thiazole rings is 1. The van der Waals surface area contributed by atoms with Crippen LogP contribution in [0.4, 0.5) is 10.8 Å². The third-order valence-corrected chi connectivity index (χ3v) is 6.03. The molecule has 0 radical (unpaired) electrons. The number of carbonyl (C=O) groups is 2. The number of likely N-dealkylation sites (N-methyl/N-ethyl adjacent to an activating group) is 1. The number of piperidine rings is 1. The van der Waals surface area contributed by atoms with Crippen molar-refractivity contribution in [1.82, 2.24) is 4.98 Å². The molecule has 0 bridgehead atoms. The molecule has 2 aliphatic heterocycles. The van der Waals surface area contributed by atoms with Crippen LogP contribution in [0.3, 0.4) is 0 Å². The van der Waals surface area contributed by atoms with E-state index in [9.17, 15) is 9.59 Å². The summed E-state index contributed by atoms with van der Waals surface area (Å²) in [5.74, 6) is -0.326. The van der Waals surface area contributed by atoms with E-state index in [1.165, 1.54) is 11.3 Å². The average Bonchev–Trinajstić information content (AvgIpc) is 3.17. The standard InChI is InChI=1S/C17H18N4O2S/c1-20-13-5-3-2-4-11(13)17(15(20)23)6-8-21(9-7-17)16-19-12(10-24-16)14(18)22/h2-5,10H,6-9H2,1H3,(H2,18,22). The molecule has 0 saturated carbocycles. The lowest BCUT2D eigenvalue weighted by molar-refractivity contribution is -0.123. The van der Waals surface area contributed by atoms with Gasteiger partial charge in [-0.1, -0.05) is 18.2 Å². The van der Waals surface area contributed by atoms with Crippen molar-refractivity contribution < 1.29 is 9.59 Å². The van der Waals surface area contributed by atoms with Crippen LogP contribution in [0.25, 0.3) is 0 Å². The molecular weight excluding hydrogens is 324 g/mol. The first-order valence-corrected chi connectivity index (χ1v) is 8.79. The molecule has 1 saturated heterocycles. The Hall–Kier alpha value is -2.41. The van der Waals surface area contributed by atoms with Gasteiger partial charge in [-0.15, -0.1) is 11.3 Å². The van der Waals surface area contributed by atoms with Crippen LogP contribution in [-0.2, 0) is 10.2 Å². The van der Waals surface area contributed by atoms with Gasteiger partial charge in [0, 0.05) is 31.2 Å². The molecule has 2 N–H and O–H groups in total. The minimum absolute atomic E-state index is 0.181. The van der Waals surface area contributed by atoms with Crippen LogP contribution in [0.1, 0.15) is 28.9 Å². The minimum atomic E-state index is -0.507. The summed E-state index contributed by atoms with van der Waals surface area (Å²) in [5, 5.41) is 2.48. The van der Waals surface area contributed by atoms with Gasteiger partial charge in [0.25, 0.3) is 5.91 Å². The summed E-state index contributed by atoms with van der Waals surface area (Å²) in [7, 11) is 1.85. The van der Waals surface area contributed by atoms with Crippen LogP contribution in [0.15, 0.2) is 29.6 Å². The zero-order chi connectivity index (χ0) is 16.9. The molecule has 124 valence electrons. The first-order chi connectivity index (χ1) is 11.5. The molecule has 2 aromatic rings. The van der Waals surface area contributed by atoms with Crippen molar-refractivity contribution in [3.8, 4) is 0 Å². The van der Waals surface area contributed by atoms with Crippen molar-refractivity contribution in [2.45, 2.75) is 18.3 Å². The maximum Gasteiger partial charge on any atom is 0.268 e. The van der Waals surface area contributed by atoms with Crippen LogP contribution in [0.5, 0.6) is 0 Å². The van der Waals surface area contributed by atoms with Gasteiger partial charge in [0.15, 0.2) is 5.13 Å². The number of hydrogen-bond donors (Lipinski definition) is 1. The Bertz CT molecular complexity index is 824. The molecule has 1 fully saturated rings. The normalized spacial score (nSPS) is 19.0. The van der Waals surface area contributed by atoms with E-state index in [1.54, 1.807) is 10.3 Å². The molecule has 3 heterocycles. The number of fused-ring (bicyclic) bond motifs is 2. The number of nitrogens with two attached hydrogens (primary N) is 1. The fourth-order valence-corrected chi connectivity index (χ4v) is 4.67. The zero-order valence-electron chi connectivity index (χ0n) is 13.4. The number of anilines is 2. The number of para-hydroxylation sites is 1. The summed E-state index contributed by atoms with van der Waals surface area (Å²) < 4.78 is 0. The average molecular weight is 342 g/mol. The summed E-state index contributed by atoms with van der Waals surface area (Å²) in [6, 6.07) is 8.05. The quantitative estimate of drug-likeness (QED) is 0.902. The summed E-state index contributed by atoms with van der Waals surface area (Å²) in [6.07, 6.45) is 1.50. The number of hydrogen-bond acceptors (Lipinski definition) is 5. The molecule has 0 unspecified atom stereocenters. The van der Waals surface area contributed by atoms with E-state index in [0.29, 0.717) is 5.69 Å². The van der Waals surface area contributed by atoms with E-state index in [2.05, 4.69) is 16.0 Å². The molecule has 0 atom stereocenters. The van der Waals surface area contributed by atoms with Gasteiger partial charge in [-0.2, -0.15) is 0 Å². The van der Waals surface area contributed by atoms with Gasteiger partial charge < -0.3 is 15.5 Å². The van der Waals surface area contributed by atoms with E-state index in [1.807, 2.05) is 25.2 Å². The predicted octanol–water partition coefficient (Wildman–Crippen LogP) is 1.76. The number of benzene rings is 1. The second kappa shape index (κ2) is 5.31. The highest BCUT2D eigenvalue weighted by Gasteiger charge is 2.50. The molecule has 2 aliphatic rings. The van der Waals surface area contributed by atoms with Crippen LogP contribution in [0, 0.1) is 0 Å². The maximum absolute atomic E-state index is 12.9. The fraction of sp³-hybridized carbons (Fsp3) is 0.353. The SMILES string of the molecule is CN1C(=O)C2(CCN(c3nc(C(N)=O)cs3)CC2)c2ccccc21. The van der Waals surface area contributed by atoms with Crippen molar-refractivity contribution in [3.05, 3.63) is 40.9 Å². The van der Waals surface area contributed by atoms with Crippen molar-refractivity contribution in [2.24, 2.45) is 5.73 Å². The van der Waals surface area contributed by atoms with Gasteiger partial charge in [-0.05, 0) is 24.5 Å². The molecule has 1 spiro atoms. The molecule has 7 heteroatoms. The van der Waals surface area contributed by atoms with Crippen LogP contribution >= 0.6 is 11.3 Å². The second-order valence-corrected chi connectivity index (χ2v) is 7.17. The Kier molecular flexibility index (Phi) is 3.35. The van der Waals surface area contributed by atoms with Gasteiger partial charge in [0.1, 0.15) is 5.69 Å². The fourth-order valence-electron chi connectivity index (χ4n) is 3.80. The maximum atomic E-state index is 12.9. The van der Waals surface area contributed by atoms with Crippen molar-refractivity contribution in [3.63, 3.8) is 0 Å². The van der Waals surface area contributed by atoms with E-state index in [-0.39, 0.29) is 5.91 Å². The van der Waals surface area contributed by atoms with Gasteiger partial charge in [0.05, 0.1) is 5.41 Å². The Morgan fingerprint density at radius 3 is 2.67 bits per heavy atom. The number of primary amides is 1. The molecule has 4 rings (SSSR count). The summed E-state index contributed by atoms with van der Waals surface area (Å²) in [4.78, 5) is 32.3. The third kappa shape index (κ3) is 2.04. The highest BCUT2D eigenvalue weighted by atomic mass is 32.1. The topological polar surface area (TPSA) is 79.5 Å². The van der Waals surface area contributed by atoms with Crippen LogP contribution < -0.4 is 15.5 Å². The number of aromatic nitrogens is 1. The lowest BCUT2D eigenvalue weighted by Crippen LogP contribution is -2.48. The first-order valence-electron chi connectivity index (χ1n) is 7.91. The first kappa shape index (κ1) is 15.1. The van der Waals surface area contributed by atoms with Gasteiger partial charge in [-0.3, -0.25) is 9.59 Å². The van der Waals surface area contributed by atoms with Gasteiger partial charge >= 0.3 is 0 Å². The summed E-state index contributed by atoms with van der Waals surface area (Å²) >= 11 is 1.42. The van der Waals surface area contributed by atoms with Crippen molar-refractivity contribution in [2.75, 3.05) is 29.9 Å². The smallest absolute Gasteiger partial charge is 0.268 e. The van der Waals surface area contributed by atoms with E-state index < -0.39 is 11.3 Å². The molecule has 0 aliphatic carbocycles. The molecular formula is C17H18N4O2S. The Labute approximate surface area is 143 Å². The summed E-state index contributed by atoms with van der Waals surface area (Å²) in [6.45, 7) is 1.47. The molecule has 6 nitrogen and oxygen atoms in total. The monoisotopic (exact) mass is 342 g/mol. The van der Waals surface area contributed by atoms with E-state index in [0.717, 1.165) is 42.3 Å². The number of amides is 2. The van der Waals surface area contributed by atoms with Crippen LogP contribution in [0.2, 0.25) is 0 Å². The van der Waals surface area contributed by atoms with Gasteiger partial charge in [-0.25, -0.2) is 4.98 Å². The lowest BCUT2D eigenvalue weighted by Gasteiger charge is -2.38. The minimum Gasteiger partial charge on any atom is -0.364 e. The Morgan fingerprint density at radius 1 is 1.29 bits per heavy atom.